The normalized spacial score (nSPS) is 12.7. The number of halogens is 6. The number of rotatable bonds is 9. The van der Waals surface area contributed by atoms with E-state index >= 15 is 0 Å². The number of carbonyl (C=O) groups is 4. The van der Waals surface area contributed by atoms with E-state index in [1.807, 2.05) is 0 Å². The highest BCUT2D eigenvalue weighted by Gasteiger charge is 2.35. The van der Waals surface area contributed by atoms with Crippen molar-refractivity contribution >= 4 is 45.6 Å². The van der Waals surface area contributed by atoms with Gasteiger partial charge in [-0.1, -0.05) is 0 Å². The summed E-state index contributed by atoms with van der Waals surface area (Å²) < 4.78 is 86.6. The van der Waals surface area contributed by atoms with Crippen LogP contribution in [0, 0.1) is 48.8 Å². The van der Waals surface area contributed by atoms with Crippen LogP contribution in [0.2, 0.25) is 0 Å². The number of aliphatic carboxylic acids is 2. The van der Waals surface area contributed by atoms with Crippen LogP contribution in [0.4, 0.5) is 26.3 Å². The van der Waals surface area contributed by atoms with Gasteiger partial charge in [0.2, 0.25) is 0 Å². The minimum atomic E-state index is -1.67. The molecule has 0 fully saturated rings. The third-order valence-corrected chi connectivity index (χ3v) is 9.42. The van der Waals surface area contributed by atoms with Crippen molar-refractivity contribution in [2.75, 3.05) is 0 Å². The maximum Gasteiger partial charge on any atom is 0.311 e. The Labute approximate surface area is 299 Å². The van der Waals surface area contributed by atoms with Gasteiger partial charge in [0.1, 0.15) is 0 Å². The van der Waals surface area contributed by atoms with Crippen LogP contribution in [0.1, 0.15) is 67.9 Å². The Morgan fingerprint density at radius 1 is 0.537 bits per heavy atom. The molecule has 0 aliphatic rings. The van der Waals surface area contributed by atoms with Crippen molar-refractivity contribution in [2.24, 2.45) is 0 Å². The summed E-state index contributed by atoms with van der Waals surface area (Å²) in [5, 5.41) is 41.2. The maximum absolute atomic E-state index is 14.7. The first-order chi connectivity index (χ1) is 25.4. The van der Waals surface area contributed by atoms with Gasteiger partial charge < -0.3 is 20.4 Å². The summed E-state index contributed by atoms with van der Waals surface area (Å²) in [7, 11) is 0. The fourth-order valence-corrected chi connectivity index (χ4v) is 6.93. The van der Waals surface area contributed by atoms with Crippen molar-refractivity contribution in [1.82, 2.24) is 9.13 Å². The number of carboxylic acid groups (broad SMARTS) is 2. The molecule has 2 unspecified atom stereocenters. The Bertz CT molecular complexity index is 2420. The third kappa shape index (κ3) is 6.18. The Kier molecular flexibility index (Phi) is 9.48. The second-order valence-corrected chi connectivity index (χ2v) is 12.5. The Hall–Kier alpha value is -6.58. The Balaban J connectivity index is 1.48. The van der Waals surface area contributed by atoms with E-state index in [0.717, 1.165) is 45.5 Å². The maximum atomic E-state index is 14.7. The number of carboxylic acids is 2. The predicted octanol–water partition coefficient (Wildman–Crippen LogP) is 7.65. The Morgan fingerprint density at radius 2 is 0.889 bits per heavy atom. The van der Waals surface area contributed by atoms with Crippen LogP contribution in [0.5, 0.6) is 11.5 Å². The van der Waals surface area contributed by atoms with Gasteiger partial charge in [0, 0.05) is 45.4 Å². The van der Waals surface area contributed by atoms with E-state index in [-0.39, 0.29) is 44.3 Å². The van der Waals surface area contributed by atoms with Crippen molar-refractivity contribution in [3.63, 3.8) is 0 Å². The zero-order valence-electron chi connectivity index (χ0n) is 27.9. The van der Waals surface area contributed by atoms with Gasteiger partial charge in [-0.3, -0.25) is 28.3 Å². The van der Waals surface area contributed by atoms with E-state index in [0.29, 0.717) is 24.3 Å². The zero-order chi connectivity index (χ0) is 39.5. The van der Waals surface area contributed by atoms with Crippen LogP contribution in [-0.4, -0.2) is 53.3 Å². The molecule has 0 aliphatic carbocycles. The third-order valence-electron chi connectivity index (χ3n) is 9.42. The summed E-state index contributed by atoms with van der Waals surface area (Å²) >= 11 is 0. The average molecular weight is 753 g/mol. The van der Waals surface area contributed by atoms with Crippen LogP contribution in [-0.2, 0) is 9.59 Å². The molecule has 2 aromatic heterocycles. The predicted molar refractivity (Wildman–Crippen MR) is 179 cm³/mol. The molecular weight excluding hydrogens is 726 g/mol. The summed E-state index contributed by atoms with van der Waals surface area (Å²) in [5.74, 6) is -18.0. The molecular formula is C38H26F6N2O8. The standard InChI is InChI=1S/C38H26F6N2O8/c1-15-33(21-11-31(47)27(43)13-29(21)45(15)35(49)17-3-7-23(39)25(41)9-17)19(37(51)52)5-6-20(38(53)54)34-16(2)46(30-14-28(44)32(48)12-22(30)34)36(50)18-4-8-24(40)26(42)10-18/h3-4,7-14,19-20,47-48H,5-6H2,1-2H3,(H,51,52)(H,53,54). The van der Waals surface area contributed by atoms with E-state index in [2.05, 4.69) is 0 Å². The molecule has 0 amide bonds. The number of phenols is 2. The number of fused-ring (bicyclic) bond motifs is 2. The van der Waals surface area contributed by atoms with Crippen LogP contribution in [0.3, 0.4) is 0 Å². The average Bonchev–Trinajstić information content (AvgIpc) is 3.53. The minimum Gasteiger partial charge on any atom is -0.505 e. The van der Waals surface area contributed by atoms with Crippen LogP contribution in [0.25, 0.3) is 21.8 Å². The topological polar surface area (TPSA) is 159 Å². The van der Waals surface area contributed by atoms with E-state index < -0.39 is 106 Å². The highest BCUT2D eigenvalue weighted by Crippen LogP contribution is 2.42. The van der Waals surface area contributed by atoms with E-state index in [1.165, 1.54) is 13.8 Å². The van der Waals surface area contributed by atoms with Gasteiger partial charge in [-0.25, -0.2) is 26.3 Å². The van der Waals surface area contributed by atoms with Gasteiger partial charge in [-0.2, -0.15) is 0 Å². The molecule has 0 radical (unpaired) electrons. The lowest BCUT2D eigenvalue weighted by Gasteiger charge is -2.18. The lowest BCUT2D eigenvalue weighted by Crippen LogP contribution is -2.20. The molecule has 0 saturated carbocycles. The fraction of sp³-hybridized carbons (Fsp3) is 0.158. The molecule has 4 aromatic carbocycles. The number of nitrogens with zero attached hydrogens (tertiary/aromatic N) is 2. The molecule has 6 aromatic rings. The quantitative estimate of drug-likeness (QED) is 0.110. The monoisotopic (exact) mass is 752 g/mol. The number of phenolic OH excluding ortho intramolecular Hbond substituents is 2. The number of aromatic hydroxyl groups is 2. The number of carbonyl (C=O) groups excluding carboxylic acids is 2. The first-order valence-corrected chi connectivity index (χ1v) is 15.9. The SMILES string of the molecule is Cc1c(C(CCC(C(=O)O)c2c(C)n(C(=O)c3ccc(F)c(F)c3)c3cc(F)c(O)cc23)C(=O)O)c2cc(O)c(F)cc2n1C(=O)c1ccc(F)c(F)c1. The van der Waals surface area contributed by atoms with Gasteiger partial charge in [-0.05, 0) is 86.3 Å². The first-order valence-electron chi connectivity index (χ1n) is 15.9. The van der Waals surface area contributed by atoms with Gasteiger partial charge in [0.25, 0.3) is 11.8 Å². The summed E-state index contributed by atoms with van der Waals surface area (Å²) in [5.41, 5.74) is -1.82. The molecule has 16 heteroatoms. The molecule has 0 bridgehead atoms. The molecule has 2 atom stereocenters. The first kappa shape index (κ1) is 37.2. The lowest BCUT2D eigenvalue weighted by atomic mass is 9.85. The zero-order valence-corrected chi connectivity index (χ0v) is 27.9. The van der Waals surface area contributed by atoms with Crippen LogP contribution < -0.4 is 0 Å². The van der Waals surface area contributed by atoms with E-state index in [1.54, 1.807) is 0 Å². The van der Waals surface area contributed by atoms with Crippen LogP contribution in [0.15, 0.2) is 60.7 Å². The second kappa shape index (κ2) is 13.8. The minimum absolute atomic E-state index is 0.116. The summed E-state index contributed by atoms with van der Waals surface area (Å²) in [6.45, 7) is 2.57. The molecule has 0 spiro atoms. The number of hydrogen-bond donors (Lipinski definition) is 4. The lowest BCUT2D eigenvalue weighted by molar-refractivity contribution is -0.141. The highest BCUT2D eigenvalue weighted by molar-refractivity contribution is 6.06. The molecule has 4 N–H and O–H groups in total. The molecule has 0 aliphatic heterocycles. The fourth-order valence-electron chi connectivity index (χ4n) is 6.93. The van der Waals surface area contributed by atoms with Crippen molar-refractivity contribution in [1.29, 1.82) is 0 Å². The van der Waals surface area contributed by atoms with Crippen LogP contribution >= 0.6 is 0 Å². The van der Waals surface area contributed by atoms with E-state index in [4.69, 9.17) is 0 Å². The van der Waals surface area contributed by atoms with Crippen molar-refractivity contribution in [3.8, 4) is 11.5 Å². The van der Waals surface area contributed by atoms with Crippen molar-refractivity contribution in [2.45, 2.75) is 38.5 Å². The number of hydrogen-bond acceptors (Lipinski definition) is 6. The van der Waals surface area contributed by atoms with Gasteiger partial charge >= 0.3 is 11.9 Å². The Morgan fingerprint density at radius 3 is 1.20 bits per heavy atom. The van der Waals surface area contributed by atoms with Crippen molar-refractivity contribution < 1.29 is 65.9 Å². The van der Waals surface area contributed by atoms with E-state index in [9.17, 15) is 65.9 Å². The van der Waals surface area contributed by atoms with Gasteiger partial charge in [0.15, 0.2) is 46.4 Å². The summed E-state index contributed by atoms with van der Waals surface area (Å²) in [6.07, 6.45) is -1.06. The molecule has 2 heterocycles. The molecule has 10 nitrogen and oxygen atoms in total. The summed E-state index contributed by atoms with van der Waals surface area (Å²) in [6, 6.07) is 7.66. The summed E-state index contributed by atoms with van der Waals surface area (Å²) in [4.78, 5) is 53.1. The van der Waals surface area contributed by atoms with Gasteiger partial charge in [-0.15, -0.1) is 0 Å². The number of aromatic nitrogens is 2. The molecule has 6 rings (SSSR count). The molecule has 54 heavy (non-hydrogen) atoms. The second-order valence-electron chi connectivity index (χ2n) is 12.5. The molecule has 0 saturated heterocycles. The largest absolute Gasteiger partial charge is 0.505 e. The number of benzene rings is 4. The van der Waals surface area contributed by atoms with Gasteiger partial charge in [0.05, 0.1) is 22.9 Å². The molecule has 278 valence electrons. The smallest absolute Gasteiger partial charge is 0.311 e. The highest BCUT2D eigenvalue weighted by atomic mass is 19.2. The van der Waals surface area contributed by atoms with Crippen molar-refractivity contribution in [3.05, 3.63) is 129 Å².